The van der Waals surface area contributed by atoms with Crippen LogP contribution in [0.3, 0.4) is 0 Å². The van der Waals surface area contributed by atoms with Crippen LogP contribution < -0.4 is 10.5 Å². The van der Waals surface area contributed by atoms with Crippen molar-refractivity contribution in [3.05, 3.63) is 6.33 Å². The zero-order valence-electron chi connectivity index (χ0n) is 15.2. The molecule has 1 saturated heterocycles. The molecule has 1 aliphatic heterocycles. The number of nitrogens with zero attached hydrogens (tertiary/aromatic N) is 4. The van der Waals surface area contributed by atoms with Gasteiger partial charge in [-0.3, -0.25) is 4.57 Å². The Balaban J connectivity index is 1.72. The number of anilines is 1. The van der Waals surface area contributed by atoms with Crippen LogP contribution in [0.5, 0.6) is 5.88 Å². The van der Waals surface area contributed by atoms with Crippen LogP contribution in [0, 0.1) is 5.92 Å². The number of imidazole rings is 1. The first-order valence-electron chi connectivity index (χ1n) is 8.37. The molecule has 2 aromatic rings. The average Bonchev–Trinajstić information content (AvgIpc) is 3.14. The molecule has 4 unspecified atom stereocenters. The molecule has 3 N–H and O–H groups in total. The summed E-state index contributed by atoms with van der Waals surface area (Å²) in [5.74, 6) is 0.631. The molecule has 11 heteroatoms. The Hall–Kier alpha value is -1.58. The van der Waals surface area contributed by atoms with E-state index in [9.17, 15) is 4.89 Å². The molecule has 0 saturated carbocycles. The first kappa shape index (κ1) is 19.2. The Morgan fingerprint density at radius 1 is 1.46 bits per heavy atom. The van der Waals surface area contributed by atoms with E-state index in [0.717, 1.165) is 6.42 Å². The number of fused-ring (bicyclic) bond motifs is 1. The van der Waals surface area contributed by atoms with E-state index in [1.165, 1.54) is 7.11 Å². The summed E-state index contributed by atoms with van der Waals surface area (Å²) in [4.78, 5) is 22.4. The van der Waals surface area contributed by atoms with E-state index in [2.05, 4.69) is 21.9 Å². The van der Waals surface area contributed by atoms with Crippen molar-refractivity contribution in [3.63, 3.8) is 0 Å². The quantitative estimate of drug-likeness (QED) is 0.688. The summed E-state index contributed by atoms with van der Waals surface area (Å²) in [6, 6.07) is 0. The van der Waals surface area contributed by atoms with Gasteiger partial charge in [0.05, 0.1) is 32.3 Å². The highest BCUT2D eigenvalue weighted by atomic mass is 31.2. The molecule has 3 rings (SSSR count). The normalized spacial score (nSPS) is 24.5. The molecule has 0 spiro atoms. The fourth-order valence-electron chi connectivity index (χ4n) is 2.96. The molecule has 4 atom stereocenters. The van der Waals surface area contributed by atoms with E-state index in [1.807, 2.05) is 18.4 Å². The maximum atomic E-state index is 9.73. The summed E-state index contributed by atoms with van der Waals surface area (Å²) >= 11 is 0. The highest BCUT2D eigenvalue weighted by Gasteiger charge is 2.35. The summed E-state index contributed by atoms with van der Waals surface area (Å²) in [6.45, 7) is 6.00. The number of hydrogen-bond acceptors (Lipinski definition) is 9. The summed E-state index contributed by atoms with van der Waals surface area (Å²) < 4.78 is 23.7. The summed E-state index contributed by atoms with van der Waals surface area (Å²) in [5, 5.41) is 0. The van der Waals surface area contributed by atoms with Gasteiger partial charge in [-0.25, -0.2) is 4.98 Å². The van der Waals surface area contributed by atoms with Crippen molar-refractivity contribution < 1.29 is 23.4 Å². The van der Waals surface area contributed by atoms with Gasteiger partial charge in [0.15, 0.2) is 11.2 Å². The van der Waals surface area contributed by atoms with Crippen LogP contribution in [0.1, 0.15) is 33.4 Å². The van der Waals surface area contributed by atoms with Crippen molar-refractivity contribution in [2.45, 2.75) is 45.6 Å². The number of hydrogen-bond donors (Lipinski definition) is 2. The van der Waals surface area contributed by atoms with E-state index in [-0.39, 0.29) is 36.9 Å². The van der Waals surface area contributed by atoms with E-state index in [1.54, 1.807) is 6.33 Å². The van der Waals surface area contributed by atoms with Gasteiger partial charge in [-0.1, -0.05) is 6.92 Å². The third-order valence-electron chi connectivity index (χ3n) is 4.00. The molecule has 10 nitrogen and oxygen atoms in total. The first-order valence-corrected chi connectivity index (χ1v) is 9.50. The molecule has 0 aromatic carbocycles. The lowest BCUT2D eigenvalue weighted by atomic mass is 10.1. The van der Waals surface area contributed by atoms with Crippen LogP contribution in [0.4, 0.5) is 5.95 Å². The number of nitrogens with two attached hydrogens (primary N) is 1. The lowest BCUT2D eigenvalue weighted by Crippen LogP contribution is -2.17. The molecule has 1 aliphatic rings. The molecule has 0 radical (unpaired) electrons. The lowest BCUT2D eigenvalue weighted by Gasteiger charge is -2.18. The van der Waals surface area contributed by atoms with Crippen molar-refractivity contribution in [2.75, 3.05) is 19.5 Å². The Labute approximate surface area is 152 Å². The van der Waals surface area contributed by atoms with Gasteiger partial charge in [0.1, 0.15) is 6.23 Å². The molecular formula is C15H24N5O5P. The first-order chi connectivity index (χ1) is 12.4. The van der Waals surface area contributed by atoms with Gasteiger partial charge >= 0.3 is 8.60 Å². The highest BCUT2D eigenvalue weighted by molar-refractivity contribution is 7.40. The minimum atomic E-state index is -1.90. The number of ether oxygens (including phenoxy) is 2. The summed E-state index contributed by atoms with van der Waals surface area (Å²) in [6.07, 6.45) is 1.88. The zero-order valence-corrected chi connectivity index (χ0v) is 16.1. The third kappa shape index (κ3) is 4.05. The number of nitrogen functional groups attached to an aromatic ring is 1. The van der Waals surface area contributed by atoms with Gasteiger partial charge < -0.3 is 29.1 Å². The van der Waals surface area contributed by atoms with E-state index in [4.69, 9.17) is 24.3 Å². The lowest BCUT2D eigenvalue weighted by molar-refractivity contribution is -0.0281. The van der Waals surface area contributed by atoms with E-state index < -0.39 is 8.60 Å². The predicted octanol–water partition coefficient (Wildman–Crippen LogP) is 2.00. The van der Waals surface area contributed by atoms with Crippen LogP contribution in [0.15, 0.2) is 6.33 Å². The standard InChI is InChI=1S/C15H24N5O5P/c1-8(2)25-26(21)23-6-10-5-9(3)14(24-10)20-7-17-11-12(20)18-15(16)19-13(11)22-4/h7-10,14,21H,5-6H2,1-4H3,(H2,16,18,19). The Morgan fingerprint density at radius 3 is 2.92 bits per heavy atom. The molecule has 2 aromatic heterocycles. The van der Waals surface area contributed by atoms with Gasteiger partial charge in [0.2, 0.25) is 11.8 Å². The fourth-order valence-corrected chi connectivity index (χ4v) is 3.67. The summed E-state index contributed by atoms with van der Waals surface area (Å²) in [7, 11) is -0.393. The number of methoxy groups -OCH3 is 1. The number of aromatic nitrogens is 4. The third-order valence-corrected chi connectivity index (χ3v) is 4.97. The Bertz CT molecular complexity index is 757. The van der Waals surface area contributed by atoms with Gasteiger partial charge in [-0.05, 0) is 20.3 Å². The van der Waals surface area contributed by atoms with Gasteiger partial charge in [0, 0.05) is 5.92 Å². The Morgan fingerprint density at radius 2 is 2.23 bits per heavy atom. The van der Waals surface area contributed by atoms with Crippen molar-refractivity contribution in [2.24, 2.45) is 5.92 Å². The van der Waals surface area contributed by atoms with Gasteiger partial charge in [-0.2, -0.15) is 9.97 Å². The van der Waals surface area contributed by atoms with Crippen LogP contribution in [0.25, 0.3) is 11.2 Å². The second-order valence-corrected chi connectivity index (χ2v) is 7.41. The summed E-state index contributed by atoms with van der Waals surface area (Å²) in [5.41, 5.74) is 6.85. The van der Waals surface area contributed by atoms with Crippen molar-refractivity contribution in [1.82, 2.24) is 19.5 Å². The minimum Gasteiger partial charge on any atom is -0.479 e. The molecule has 1 fully saturated rings. The topological polar surface area (TPSA) is 127 Å². The number of rotatable bonds is 7. The van der Waals surface area contributed by atoms with Crippen LogP contribution in [0.2, 0.25) is 0 Å². The van der Waals surface area contributed by atoms with Crippen molar-refractivity contribution in [3.8, 4) is 5.88 Å². The zero-order chi connectivity index (χ0) is 18.8. The fraction of sp³-hybridized carbons (Fsp3) is 0.667. The predicted molar refractivity (Wildman–Crippen MR) is 95.3 cm³/mol. The van der Waals surface area contributed by atoms with Gasteiger partial charge in [0.25, 0.3) is 0 Å². The molecule has 26 heavy (non-hydrogen) atoms. The Kier molecular flexibility index (Phi) is 5.89. The molecule has 0 bridgehead atoms. The molecule has 0 aliphatic carbocycles. The van der Waals surface area contributed by atoms with Crippen LogP contribution >= 0.6 is 8.60 Å². The van der Waals surface area contributed by atoms with Crippen LogP contribution in [-0.4, -0.2) is 50.3 Å². The molecule has 144 valence electrons. The van der Waals surface area contributed by atoms with Crippen molar-refractivity contribution in [1.29, 1.82) is 0 Å². The maximum Gasteiger partial charge on any atom is 0.330 e. The maximum absolute atomic E-state index is 9.73. The average molecular weight is 385 g/mol. The SMILES string of the molecule is COc1nc(N)nc2c1ncn2C1OC(COP(O)OC(C)C)CC1C. The van der Waals surface area contributed by atoms with Crippen molar-refractivity contribution >= 4 is 25.7 Å². The molecule has 0 amide bonds. The van der Waals surface area contributed by atoms with Crippen LogP contribution in [-0.2, 0) is 13.8 Å². The highest BCUT2D eigenvalue weighted by Crippen LogP contribution is 2.40. The second kappa shape index (κ2) is 7.98. The molecule has 3 heterocycles. The monoisotopic (exact) mass is 385 g/mol. The van der Waals surface area contributed by atoms with E-state index >= 15 is 0 Å². The minimum absolute atomic E-state index is 0.0975. The van der Waals surface area contributed by atoms with Gasteiger partial charge in [-0.15, -0.1) is 0 Å². The van der Waals surface area contributed by atoms with E-state index in [0.29, 0.717) is 17.0 Å². The molecular weight excluding hydrogens is 361 g/mol. The largest absolute Gasteiger partial charge is 0.479 e. The second-order valence-electron chi connectivity index (χ2n) is 6.46. The smallest absolute Gasteiger partial charge is 0.330 e.